The molecule has 0 aliphatic heterocycles. The Morgan fingerprint density at radius 1 is 1.11 bits per heavy atom. The summed E-state index contributed by atoms with van der Waals surface area (Å²) >= 11 is 0. The van der Waals surface area contributed by atoms with Crippen molar-refractivity contribution in [1.82, 2.24) is 5.32 Å². The largest absolute Gasteiger partial charge is 0.319 e. The first-order valence-electron chi connectivity index (χ1n) is 7.72. The monoisotopic (exact) mass is 259 g/mol. The lowest BCUT2D eigenvalue weighted by molar-refractivity contribution is 0.130. The maximum atomic E-state index is 3.39. The van der Waals surface area contributed by atoms with Crippen LogP contribution in [0.3, 0.4) is 0 Å². The van der Waals surface area contributed by atoms with E-state index in [1.807, 2.05) is 0 Å². The second-order valence-electron chi connectivity index (χ2n) is 7.21. The predicted molar refractivity (Wildman–Crippen MR) is 83.4 cm³/mol. The van der Waals surface area contributed by atoms with Gasteiger partial charge in [-0.25, -0.2) is 0 Å². The van der Waals surface area contributed by atoms with Crippen LogP contribution in [0.15, 0.2) is 30.3 Å². The number of hydrogen-bond acceptors (Lipinski definition) is 1. The van der Waals surface area contributed by atoms with Crippen LogP contribution < -0.4 is 5.32 Å². The summed E-state index contributed by atoms with van der Waals surface area (Å²) in [5, 5.41) is 3.39. The lowest BCUT2D eigenvalue weighted by atomic mass is 9.64. The van der Waals surface area contributed by atoms with Crippen LogP contribution in [0, 0.1) is 17.3 Å². The second kappa shape index (κ2) is 6.09. The van der Waals surface area contributed by atoms with Crippen molar-refractivity contribution in [1.29, 1.82) is 0 Å². The van der Waals surface area contributed by atoms with Crippen molar-refractivity contribution in [2.75, 3.05) is 13.6 Å². The summed E-state index contributed by atoms with van der Waals surface area (Å²) in [6, 6.07) is 11.1. The van der Waals surface area contributed by atoms with Crippen LogP contribution in [0.1, 0.15) is 51.5 Å². The minimum Gasteiger partial charge on any atom is -0.319 e. The van der Waals surface area contributed by atoms with Gasteiger partial charge >= 0.3 is 0 Å². The molecule has 1 N–H and O–H groups in total. The van der Waals surface area contributed by atoms with E-state index in [9.17, 15) is 0 Å². The number of hydrogen-bond donors (Lipinski definition) is 1. The van der Waals surface area contributed by atoms with Crippen molar-refractivity contribution in [2.24, 2.45) is 17.3 Å². The molecule has 0 saturated heterocycles. The normalized spacial score (nSPS) is 28.3. The van der Waals surface area contributed by atoms with E-state index >= 15 is 0 Å². The van der Waals surface area contributed by atoms with E-state index in [1.54, 1.807) is 0 Å². The summed E-state index contributed by atoms with van der Waals surface area (Å²) < 4.78 is 0. The lowest BCUT2D eigenvalue weighted by Gasteiger charge is -2.42. The average Bonchev–Trinajstić information content (AvgIpc) is 2.39. The van der Waals surface area contributed by atoms with Gasteiger partial charge in [0.2, 0.25) is 0 Å². The molecule has 19 heavy (non-hydrogen) atoms. The Labute approximate surface area is 118 Å². The zero-order chi connectivity index (χ0) is 13.9. The molecular weight excluding hydrogens is 230 g/mol. The molecule has 1 aromatic carbocycles. The molecule has 3 atom stereocenters. The zero-order valence-corrected chi connectivity index (χ0v) is 12.9. The number of nitrogens with one attached hydrogen (secondary N) is 1. The second-order valence-corrected chi connectivity index (χ2v) is 7.21. The number of rotatable bonds is 3. The summed E-state index contributed by atoms with van der Waals surface area (Å²) in [6.45, 7) is 8.35. The smallest absolute Gasteiger partial charge is 0.00177 e. The fourth-order valence-corrected chi connectivity index (χ4v) is 3.63. The Morgan fingerprint density at radius 2 is 1.79 bits per heavy atom. The van der Waals surface area contributed by atoms with Crippen LogP contribution in [-0.4, -0.2) is 13.6 Å². The van der Waals surface area contributed by atoms with E-state index in [1.165, 1.54) is 24.8 Å². The van der Waals surface area contributed by atoms with Crippen LogP contribution in [0.25, 0.3) is 0 Å². The standard InChI is InChI=1S/C18H29N/c1-18(2,3)16-11-10-15(13-19-4)17(12-16)14-8-6-5-7-9-14/h5-9,15-17,19H,10-13H2,1-4H3. The summed E-state index contributed by atoms with van der Waals surface area (Å²) in [7, 11) is 2.08. The summed E-state index contributed by atoms with van der Waals surface area (Å²) in [6.07, 6.45) is 4.10. The Morgan fingerprint density at radius 3 is 2.37 bits per heavy atom. The molecule has 0 spiro atoms. The quantitative estimate of drug-likeness (QED) is 0.845. The Bertz CT molecular complexity index is 376. The van der Waals surface area contributed by atoms with Gasteiger partial charge < -0.3 is 5.32 Å². The molecular formula is C18H29N. The highest BCUT2D eigenvalue weighted by molar-refractivity contribution is 5.21. The predicted octanol–water partition coefficient (Wildman–Crippen LogP) is 4.45. The van der Waals surface area contributed by atoms with Crippen molar-refractivity contribution in [3.8, 4) is 0 Å². The Kier molecular flexibility index (Phi) is 4.67. The molecule has 1 heteroatoms. The van der Waals surface area contributed by atoms with Gasteiger partial charge in [0.1, 0.15) is 0 Å². The highest BCUT2D eigenvalue weighted by Crippen LogP contribution is 2.46. The van der Waals surface area contributed by atoms with E-state index in [0.717, 1.165) is 24.3 Å². The van der Waals surface area contributed by atoms with Crippen molar-refractivity contribution in [2.45, 2.75) is 46.0 Å². The molecule has 0 heterocycles. The third kappa shape index (κ3) is 3.60. The molecule has 0 amide bonds. The van der Waals surface area contributed by atoms with E-state index in [-0.39, 0.29) is 0 Å². The van der Waals surface area contributed by atoms with E-state index in [2.05, 4.69) is 63.5 Å². The third-order valence-corrected chi connectivity index (χ3v) is 4.91. The van der Waals surface area contributed by atoms with Gasteiger partial charge in [-0.3, -0.25) is 0 Å². The first-order chi connectivity index (χ1) is 9.02. The maximum Gasteiger partial charge on any atom is -0.00177 e. The van der Waals surface area contributed by atoms with Gasteiger partial charge in [-0.15, -0.1) is 0 Å². The first-order valence-corrected chi connectivity index (χ1v) is 7.72. The molecule has 1 aliphatic rings. The number of benzene rings is 1. The van der Waals surface area contributed by atoms with Crippen LogP contribution in [0.2, 0.25) is 0 Å². The van der Waals surface area contributed by atoms with Crippen molar-refractivity contribution in [3.05, 3.63) is 35.9 Å². The molecule has 1 fully saturated rings. The van der Waals surface area contributed by atoms with Gasteiger partial charge in [-0.2, -0.15) is 0 Å². The van der Waals surface area contributed by atoms with Crippen LogP contribution >= 0.6 is 0 Å². The molecule has 0 aromatic heterocycles. The molecule has 2 rings (SSSR count). The van der Waals surface area contributed by atoms with E-state index < -0.39 is 0 Å². The van der Waals surface area contributed by atoms with E-state index in [4.69, 9.17) is 0 Å². The van der Waals surface area contributed by atoms with Crippen molar-refractivity contribution >= 4 is 0 Å². The van der Waals surface area contributed by atoms with Gasteiger partial charge in [0, 0.05) is 0 Å². The van der Waals surface area contributed by atoms with Crippen LogP contribution in [0.5, 0.6) is 0 Å². The highest BCUT2D eigenvalue weighted by Gasteiger charge is 2.36. The van der Waals surface area contributed by atoms with E-state index in [0.29, 0.717) is 5.41 Å². The molecule has 1 aliphatic carbocycles. The Hall–Kier alpha value is -0.820. The van der Waals surface area contributed by atoms with Gasteiger partial charge in [0.25, 0.3) is 0 Å². The molecule has 0 bridgehead atoms. The Balaban J connectivity index is 2.18. The van der Waals surface area contributed by atoms with Gasteiger partial charge in [0.15, 0.2) is 0 Å². The molecule has 3 unspecified atom stereocenters. The van der Waals surface area contributed by atoms with Gasteiger partial charge in [-0.1, -0.05) is 51.1 Å². The summed E-state index contributed by atoms with van der Waals surface area (Å²) in [5.41, 5.74) is 1.98. The fourth-order valence-electron chi connectivity index (χ4n) is 3.63. The van der Waals surface area contributed by atoms with Gasteiger partial charge in [-0.05, 0) is 61.6 Å². The molecule has 1 aromatic rings. The first kappa shape index (κ1) is 14.6. The lowest BCUT2D eigenvalue weighted by Crippen LogP contribution is -2.34. The summed E-state index contributed by atoms with van der Waals surface area (Å²) in [4.78, 5) is 0. The topological polar surface area (TPSA) is 12.0 Å². The van der Waals surface area contributed by atoms with Gasteiger partial charge in [0.05, 0.1) is 0 Å². The zero-order valence-electron chi connectivity index (χ0n) is 12.9. The SMILES string of the molecule is CNCC1CCC(C(C)(C)C)CC1c1ccccc1. The average molecular weight is 259 g/mol. The summed E-state index contributed by atoms with van der Waals surface area (Å²) in [5.74, 6) is 2.38. The highest BCUT2D eigenvalue weighted by atomic mass is 14.8. The van der Waals surface area contributed by atoms with Crippen molar-refractivity contribution < 1.29 is 0 Å². The minimum absolute atomic E-state index is 0.442. The molecule has 1 saturated carbocycles. The fraction of sp³-hybridized carbons (Fsp3) is 0.667. The minimum atomic E-state index is 0.442. The van der Waals surface area contributed by atoms with Crippen LogP contribution in [0.4, 0.5) is 0 Å². The molecule has 106 valence electrons. The van der Waals surface area contributed by atoms with Crippen molar-refractivity contribution in [3.63, 3.8) is 0 Å². The third-order valence-electron chi connectivity index (χ3n) is 4.91. The molecule has 1 nitrogen and oxygen atoms in total. The molecule has 0 radical (unpaired) electrons. The van der Waals surface area contributed by atoms with Crippen LogP contribution in [-0.2, 0) is 0 Å². The maximum absolute atomic E-state index is 3.39.